The summed E-state index contributed by atoms with van der Waals surface area (Å²) in [4.78, 5) is 24.5. The second-order valence-electron chi connectivity index (χ2n) is 9.53. The zero-order valence-electron chi connectivity index (χ0n) is 21.8. The maximum Gasteiger partial charge on any atom is 0.408 e. The van der Waals surface area contributed by atoms with Crippen LogP contribution in [0.15, 0.2) is 30.3 Å². The lowest BCUT2D eigenvalue weighted by Crippen LogP contribution is -2.64. The maximum atomic E-state index is 12.3. The molecule has 3 rings (SSSR count). The fraction of sp³-hybridized carbons (Fsp3) is 0.680. The first-order valence-corrected chi connectivity index (χ1v) is 12.7. The molecule has 1 aromatic carbocycles. The van der Waals surface area contributed by atoms with Gasteiger partial charge < -0.3 is 64.7 Å². The summed E-state index contributed by atoms with van der Waals surface area (Å²) in [7, 11) is 1.13. The molecule has 226 valence electrons. The molecule has 15 heteroatoms. The third-order valence-corrected chi connectivity index (χ3v) is 6.83. The largest absolute Gasteiger partial charge is 0.467 e. The molecule has 1 aromatic rings. The number of ether oxygens (including phenoxy) is 5. The number of methoxy groups -OCH3 is 1. The Morgan fingerprint density at radius 3 is 2.15 bits per heavy atom. The molecule has 2 heterocycles. The Balaban J connectivity index is 1.59. The Hall–Kier alpha value is -2.44. The Morgan fingerprint density at radius 2 is 1.52 bits per heavy atom. The van der Waals surface area contributed by atoms with Crippen molar-refractivity contribution in [1.82, 2.24) is 5.32 Å². The number of amides is 1. The van der Waals surface area contributed by atoms with Gasteiger partial charge in [-0.15, -0.1) is 0 Å². The van der Waals surface area contributed by atoms with Crippen LogP contribution >= 0.6 is 0 Å². The highest BCUT2D eigenvalue weighted by molar-refractivity contribution is 5.81. The normalized spacial score (nSPS) is 35.0. The van der Waals surface area contributed by atoms with Gasteiger partial charge in [0.25, 0.3) is 0 Å². The van der Waals surface area contributed by atoms with E-state index in [0.717, 1.165) is 12.7 Å². The Morgan fingerprint density at radius 1 is 0.875 bits per heavy atom. The Labute approximate surface area is 229 Å². The minimum atomic E-state index is -1.78. The quantitative estimate of drug-likeness (QED) is 0.122. The predicted molar refractivity (Wildman–Crippen MR) is 131 cm³/mol. The first-order chi connectivity index (χ1) is 19.1. The predicted octanol–water partition coefficient (Wildman–Crippen LogP) is -3.10. The molecule has 15 nitrogen and oxygen atoms in total. The number of alkyl carbamates (subject to hydrolysis) is 1. The summed E-state index contributed by atoms with van der Waals surface area (Å²) in [5.41, 5.74) is 0.732. The monoisotopic (exact) mass is 575 g/mol. The fourth-order valence-electron chi connectivity index (χ4n) is 4.53. The van der Waals surface area contributed by atoms with Crippen LogP contribution < -0.4 is 5.32 Å². The van der Waals surface area contributed by atoms with Crippen LogP contribution in [-0.4, -0.2) is 135 Å². The molecular formula is C25H37NO14. The topological polar surface area (TPSA) is 234 Å². The van der Waals surface area contributed by atoms with Crippen LogP contribution in [0.3, 0.4) is 0 Å². The summed E-state index contributed by atoms with van der Waals surface area (Å²) in [6.07, 6.45) is -16.3. The fourth-order valence-corrected chi connectivity index (χ4v) is 4.53. The molecule has 2 aliphatic heterocycles. The van der Waals surface area contributed by atoms with Gasteiger partial charge >= 0.3 is 12.1 Å². The van der Waals surface area contributed by atoms with Gasteiger partial charge in [-0.2, -0.15) is 0 Å². The molecule has 0 aromatic heterocycles. The average molecular weight is 576 g/mol. The van der Waals surface area contributed by atoms with Crippen molar-refractivity contribution in [3.05, 3.63) is 35.9 Å². The number of aliphatic hydroxyl groups excluding tert-OH is 7. The molecule has 2 saturated heterocycles. The Kier molecular flexibility index (Phi) is 12.0. The number of esters is 1. The van der Waals surface area contributed by atoms with Gasteiger partial charge in [0.2, 0.25) is 0 Å². The van der Waals surface area contributed by atoms with Crippen molar-refractivity contribution in [2.24, 2.45) is 0 Å². The van der Waals surface area contributed by atoms with Crippen LogP contribution in [0.5, 0.6) is 0 Å². The molecule has 0 bridgehead atoms. The zero-order chi connectivity index (χ0) is 29.4. The van der Waals surface area contributed by atoms with E-state index in [2.05, 4.69) is 5.32 Å². The summed E-state index contributed by atoms with van der Waals surface area (Å²) in [5, 5.41) is 73.2. The molecule has 0 spiro atoms. The summed E-state index contributed by atoms with van der Waals surface area (Å²) in [6, 6.07) is 7.68. The van der Waals surface area contributed by atoms with Gasteiger partial charge in [0.1, 0.15) is 61.5 Å². The Bertz CT molecular complexity index is 933. The van der Waals surface area contributed by atoms with E-state index < -0.39 is 92.5 Å². The number of rotatable bonds is 11. The highest BCUT2D eigenvalue weighted by Gasteiger charge is 2.50. The van der Waals surface area contributed by atoms with Gasteiger partial charge in [0, 0.05) is 0 Å². The second kappa shape index (κ2) is 15.0. The smallest absolute Gasteiger partial charge is 0.408 e. The maximum absolute atomic E-state index is 12.3. The van der Waals surface area contributed by atoms with Crippen LogP contribution in [0.25, 0.3) is 0 Å². The van der Waals surface area contributed by atoms with E-state index in [4.69, 9.17) is 23.7 Å². The van der Waals surface area contributed by atoms with E-state index >= 15 is 0 Å². The molecule has 0 unspecified atom stereocenters. The minimum absolute atomic E-state index is 0.0365. The summed E-state index contributed by atoms with van der Waals surface area (Å²) in [6.45, 7) is -1.45. The summed E-state index contributed by atoms with van der Waals surface area (Å²) < 4.78 is 26.4. The molecule has 0 saturated carbocycles. The number of carbonyl (C=O) groups excluding carboxylic acids is 2. The molecule has 2 aliphatic rings. The lowest BCUT2D eigenvalue weighted by atomic mass is 9.91. The van der Waals surface area contributed by atoms with E-state index in [1.165, 1.54) is 0 Å². The molecule has 0 aliphatic carbocycles. The molecule has 1 amide bonds. The van der Waals surface area contributed by atoms with Crippen molar-refractivity contribution in [2.45, 2.75) is 86.7 Å². The zero-order valence-corrected chi connectivity index (χ0v) is 21.8. The number of nitrogens with one attached hydrogen (secondary N) is 1. The molecule has 8 N–H and O–H groups in total. The van der Waals surface area contributed by atoms with Gasteiger partial charge in [-0.3, -0.25) is 0 Å². The first-order valence-electron chi connectivity index (χ1n) is 12.7. The van der Waals surface area contributed by atoms with Gasteiger partial charge in [0.05, 0.1) is 26.4 Å². The molecule has 0 radical (unpaired) electrons. The van der Waals surface area contributed by atoms with E-state index in [9.17, 15) is 45.3 Å². The second-order valence-corrected chi connectivity index (χ2v) is 9.53. The van der Waals surface area contributed by atoms with Crippen LogP contribution in [0.4, 0.5) is 4.79 Å². The van der Waals surface area contributed by atoms with E-state index in [1.807, 2.05) is 0 Å². The van der Waals surface area contributed by atoms with Gasteiger partial charge in [-0.05, 0) is 18.4 Å². The highest BCUT2D eigenvalue weighted by atomic mass is 16.7. The molecule has 2 fully saturated rings. The number of aliphatic hydroxyl groups is 7. The van der Waals surface area contributed by atoms with Crippen LogP contribution in [0.2, 0.25) is 0 Å². The van der Waals surface area contributed by atoms with Gasteiger partial charge in [0.15, 0.2) is 6.29 Å². The number of hydrogen-bond donors (Lipinski definition) is 8. The highest BCUT2D eigenvalue weighted by Crippen LogP contribution is 2.30. The van der Waals surface area contributed by atoms with E-state index in [1.54, 1.807) is 30.3 Å². The lowest BCUT2D eigenvalue weighted by Gasteiger charge is -2.46. The number of hydrogen-bond acceptors (Lipinski definition) is 14. The lowest BCUT2D eigenvalue weighted by molar-refractivity contribution is -0.342. The van der Waals surface area contributed by atoms with Gasteiger partial charge in [-0.25, -0.2) is 9.59 Å². The van der Waals surface area contributed by atoms with E-state index in [0.29, 0.717) is 0 Å². The van der Waals surface area contributed by atoms with Crippen molar-refractivity contribution in [3.63, 3.8) is 0 Å². The SMILES string of the molecule is COC(=O)[C@H](CC[C@@H]1O[C@H](CO)[C@@H](O[C@@H]2O[C@H](CO)[C@H](O)[C@H](O)[C@H]2O)[C@H](O)[C@H]1O)NC(=O)OCc1ccccc1. The standard InChI is InChI=1S/C25H37NO14/c1-36-23(34)13(26-25(35)37-11-12-5-3-2-4-6-12)7-8-14-17(29)20(32)22(16(10-28)38-14)40-24-21(33)19(31)18(30)15(9-27)39-24/h2-6,13-22,24,27-33H,7-11H2,1H3,(H,26,35)/t13-,14-,15+,16+,17-,18-,19-,20+,21+,22+,24-/m0/s1. The molecule has 11 atom stereocenters. The van der Waals surface area contributed by atoms with Crippen molar-refractivity contribution in [1.29, 1.82) is 0 Å². The van der Waals surface area contributed by atoms with Crippen LogP contribution in [0.1, 0.15) is 18.4 Å². The molecular weight excluding hydrogens is 538 g/mol. The third kappa shape index (κ3) is 7.85. The summed E-state index contributed by atoms with van der Waals surface area (Å²) in [5.74, 6) is -0.787. The van der Waals surface area contributed by atoms with Crippen LogP contribution in [-0.2, 0) is 35.1 Å². The number of benzene rings is 1. The minimum Gasteiger partial charge on any atom is -0.467 e. The van der Waals surface area contributed by atoms with Gasteiger partial charge in [-0.1, -0.05) is 30.3 Å². The van der Waals surface area contributed by atoms with Crippen molar-refractivity contribution < 1.29 is 69.0 Å². The molecule has 40 heavy (non-hydrogen) atoms. The third-order valence-electron chi connectivity index (χ3n) is 6.83. The number of carbonyl (C=O) groups is 2. The average Bonchev–Trinajstić information content (AvgIpc) is 2.97. The van der Waals surface area contributed by atoms with Crippen LogP contribution in [0, 0.1) is 0 Å². The van der Waals surface area contributed by atoms with Crippen molar-refractivity contribution in [2.75, 3.05) is 20.3 Å². The van der Waals surface area contributed by atoms with Crippen molar-refractivity contribution >= 4 is 12.1 Å². The van der Waals surface area contributed by atoms with E-state index in [-0.39, 0.29) is 19.4 Å². The summed E-state index contributed by atoms with van der Waals surface area (Å²) >= 11 is 0. The first kappa shape index (κ1) is 32.1. The van der Waals surface area contributed by atoms with Crippen molar-refractivity contribution in [3.8, 4) is 0 Å².